The van der Waals surface area contributed by atoms with Gasteiger partial charge in [0, 0.05) is 19.0 Å². The monoisotopic (exact) mass is 237 g/mol. The first kappa shape index (κ1) is 14.3. The molecule has 0 aliphatic rings. The highest BCUT2D eigenvalue weighted by Gasteiger charge is 2.24. The fourth-order valence-corrected chi connectivity index (χ4v) is 2.76. The number of sulfonamides is 1. The third-order valence-corrected chi connectivity index (χ3v) is 4.16. The zero-order valence-electron chi connectivity index (χ0n) is 9.06. The number of hydrogen-bond acceptors (Lipinski definition) is 4. The molecule has 2 unspecified atom stereocenters. The number of nitrogens with one attached hydrogen (secondary N) is 1. The van der Waals surface area contributed by atoms with Crippen LogP contribution in [-0.4, -0.2) is 32.2 Å². The maximum Gasteiger partial charge on any atom is 0.219 e. The first-order valence-electron chi connectivity index (χ1n) is 4.83. The zero-order chi connectivity index (χ0) is 12.1. The number of primary amides is 1. The Bertz CT molecular complexity index is 298. The van der Waals surface area contributed by atoms with Crippen LogP contribution in [0.15, 0.2) is 0 Å². The molecule has 0 aliphatic heterocycles. The van der Waals surface area contributed by atoms with E-state index in [0.29, 0.717) is 6.42 Å². The summed E-state index contributed by atoms with van der Waals surface area (Å²) in [6.45, 7) is 3.40. The molecule has 15 heavy (non-hydrogen) atoms. The lowest BCUT2D eigenvalue weighted by atomic mass is 10.2. The molecule has 0 radical (unpaired) electrons. The van der Waals surface area contributed by atoms with Gasteiger partial charge in [-0.3, -0.25) is 4.79 Å². The minimum Gasteiger partial charge on any atom is -0.370 e. The van der Waals surface area contributed by atoms with E-state index in [0.717, 1.165) is 0 Å². The van der Waals surface area contributed by atoms with Crippen LogP contribution < -0.4 is 16.2 Å². The largest absolute Gasteiger partial charge is 0.370 e. The highest BCUT2D eigenvalue weighted by Crippen LogP contribution is 2.04. The van der Waals surface area contributed by atoms with Crippen LogP contribution in [0.1, 0.15) is 26.7 Å². The normalized spacial score (nSPS) is 15.9. The van der Waals surface area contributed by atoms with Crippen LogP contribution >= 0.6 is 0 Å². The second-order valence-electron chi connectivity index (χ2n) is 3.50. The quantitative estimate of drug-likeness (QED) is 0.521. The summed E-state index contributed by atoms with van der Waals surface area (Å²) in [4.78, 5) is 10.6. The number of amides is 1. The molecule has 0 saturated heterocycles. The Morgan fingerprint density at radius 2 is 2.00 bits per heavy atom. The van der Waals surface area contributed by atoms with Crippen molar-refractivity contribution in [1.82, 2.24) is 4.72 Å². The maximum atomic E-state index is 11.6. The first-order chi connectivity index (χ1) is 6.83. The molecule has 0 spiro atoms. The molecule has 0 heterocycles. The molecule has 90 valence electrons. The lowest BCUT2D eigenvalue weighted by Crippen LogP contribution is -2.43. The molecule has 0 aromatic carbocycles. The Hall–Kier alpha value is -0.660. The van der Waals surface area contributed by atoms with Gasteiger partial charge in [0.05, 0.1) is 5.25 Å². The SMILES string of the molecule is CCC(CN)S(=O)(=O)NC(C)CC(N)=O. The predicted octanol–water partition coefficient (Wildman–Crippen LogP) is -1.09. The minimum atomic E-state index is -3.45. The fourth-order valence-electron chi connectivity index (χ4n) is 1.23. The molecule has 6 nitrogen and oxygen atoms in total. The third kappa shape index (κ3) is 5.10. The van der Waals surface area contributed by atoms with Crippen LogP contribution in [0, 0.1) is 0 Å². The molecule has 0 aromatic rings. The molecule has 0 bridgehead atoms. The summed E-state index contributed by atoms with van der Waals surface area (Å²) < 4.78 is 25.7. The van der Waals surface area contributed by atoms with Crippen LogP contribution in [0.2, 0.25) is 0 Å². The highest BCUT2D eigenvalue weighted by atomic mass is 32.2. The second kappa shape index (κ2) is 6.04. The van der Waals surface area contributed by atoms with Crippen LogP contribution in [0.4, 0.5) is 0 Å². The summed E-state index contributed by atoms with van der Waals surface area (Å²) in [5.41, 5.74) is 10.3. The van der Waals surface area contributed by atoms with Gasteiger partial charge >= 0.3 is 0 Å². The van der Waals surface area contributed by atoms with Gasteiger partial charge in [0.1, 0.15) is 0 Å². The summed E-state index contributed by atoms with van der Waals surface area (Å²) in [7, 11) is -3.45. The summed E-state index contributed by atoms with van der Waals surface area (Å²) in [5, 5.41) is -0.618. The number of carbonyl (C=O) groups excluding carboxylic acids is 1. The number of hydrogen-bond donors (Lipinski definition) is 3. The molecular formula is C8H19N3O3S. The Kier molecular flexibility index (Phi) is 5.77. The van der Waals surface area contributed by atoms with Crippen molar-refractivity contribution in [2.24, 2.45) is 11.5 Å². The Labute approximate surface area is 90.4 Å². The number of rotatable bonds is 7. The van der Waals surface area contributed by atoms with Gasteiger partial charge in [-0.2, -0.15) is 0 Å². The van der Waals surface area contributed by atoms with E-state index < -0.39 is 27.2 Å². The molecule has 1 amide bonds. The van der Waals surface area contributed by atoms with E-state index in [1.807, 2.05) is 0 Å². The van der Waals surface area contributed by atoms with Crippen LogP contribution in [0.5, 0.6) is 0 Å². The summed E-state index contributed by atoms with van der Waals surface area (Å²) in [6, 6.07) is -0.493. The topological polar surface area (TPSA) is 115 Å². The third-order valence-electron chi connectivity index (χ3n) is 2.03. The van der Waals surface area contributed by atoms with E-state index >= 15 is 0 Å². The van der Waals surface area contributed by atoms with Crippen molar-refractivity contribution in [3.63, 3.8) is 0 Å². The number of nitrogens with two attached hydrogens (primary N) is 2. The van der Waals surface area contributed by atoms with Gasteiger partial charge in [-0.15, -0.1) is 0 Å². The van der Waals surface area contributed by atoms with Crippen molar-refractivity contribution in [3.05, 3.63) is 0 Å². The lowest BCUT2D eigenvalue weighted by Gasteiger charge is -2.18. The lowest BCUT2D eigenvalue weighted by molar-refractivity contribution is -0.118. The van der Waals surface area contributed by atoms with Gasteiger partial charge in [-0.05, 0) is 13.3 Å². The van der Waals surface area contributed by atoms with Gasteiger partial charge in [0.25, 0.3) is 0 Å². The molecule has 5 N–H and O–H groups in total. The summed E-state index contributed by atoms with van der Waals surface area (Å²) in [5.74, 6) is -0.536. The van der Waals surface area contributed by atoms with Crippen LogP contribution in [0.25, 0.3) is 0 Å². The van der Waals surface area contributed by atoms with Crippen LogP contribution in [-0.2, 0) is 14.8 Å². The fraction of sp³-hybridized carbons (Fsp3) is 0.875. The van der Waals surface area contributed by atoms with E-state index in [4.69, 9.17) is 11.5 Å². The molecule has 0 rings (SSSR count). The van der Waals surface area contributed by atoms with E-state index in [1.54, 1.807) is 13.8 Å². The Balaban J connectivity index is 4.43. The maximum absolute atomic E-state index is 11.6. The zero-order valence-corrected chi connectivity index (χ0v) is 9.88. The van der Waals surface area contributed by atoms with Gasteiger partial charge in [0.2, 0.25) is 15.9 Å². The van der Waals surface area contributed by atoms with Crippen LogP contribution in [0.3, 0.4) is 0 Å². The highest BCUT2D eigenvalue weighted by molar-refractivity contribution is 7.90. The van der Waals surface area contributed by atoms with Gasteiger partial charge < -0.3 is 11.5 Å². The van der Waals surface area contributed by atoms with Gasteiger partial charge in [0.15, 0.2) is 0 Å². The van der Waals surface area contributed by atoms with Crippen molar-refractivity contribution in [2.75, 3.05) is 6.54 Å². The molecule has 0 aliphatic carbocycles. The molecular weight excluding hydrogens is 218 g/mol. The number of carbonyl (C=O) groups is 1. The minimum absolute atomic E-state index is 0.0137. The van der Waals surface area contributed by atoms with E-state index in [1.165, 1.54) is 0 Å². The van der Waals surface area contributed by atoms with Crippen molar-refractivity contribution in [3.8, 4) is 0 Å². The van der Waals surface area contributed by atoms with Crippen molar-refractivity contribution >= 4 is 15.9 Å². The molecule has 0 saturated carbocycles. The second-order valence-corrected chi connectivity index (χ2v) is 5.49. The molecule has 0 aromatic heterocycles. The standard InChI is InChI=1S/C8H19N3O3S/c1-3-7(5-9)15(13,14)11-6(2)4-8(10)12/h6-7,11H,3-5,9H2,1-2H3,(H2,10,12). The van der Waals surface area contributed by atoms with Crippen molar-refractivity contribution < 1.29 is 13.2 Å². The molecule has 7 heteroatoms. The average Bonchev–Trinajstić information content (AvgIpc) is 2.02. The average molecular weight is 237 g/mol. The summed E-state index contributed by atoms with van der Waals surface area (Å²) in [6.07, 6.45) is 0.426. The van der Waals surface area contributed by atoms with E-state index in [9.17, 15) is 13.2 Å². The first-order valence-corrected chi connectivity index (χ1v) is 6.37. The Morgan fingerprint density at radius 3 is 2.33 bits per heavy atom. The van der Waals surface area contributed by atoms with E-state index in [2.05, 4.69) is 4.72 Å². The molecule has 2 atom stereocenters. The van der Waals surface area contributed by atoms with Crippen molar-refractivity contribution in [1.29, 1.82) is 0 Å². The van der Waals surface area contributed by atoms with Crippen molar-refractivity contribution in [2.45, 2.75) is 38.0 Å². The van der Waals surface area contributed by atoms with E-state index in [-0.39, 0.29) is 13.0 Å². The van der Waals surface area contributed by atoms with Gasteiger partial charge in [-0.1, -0.05) is 6.92 Å². The molecule has 0 fully saturated rings. The predicted molar refractivity (Wildman–Crippen MR) is 58.5 cm³/mol. The summed E-state index contributed by atoms with van der Waals surface area (Å²) >= 11 is 0. The Morgan fingerprint density at radius 1 is 1.47 bits per heavy atom. The smallest absolute Gasteiger partial charge is 0.219 e. The van der Waals surface area contributed by atoms with Gasteiger partial charge in [-0.25, -0.2) is 13.1 Å².